The summed E-state index contributed by atoms with van der Waals surface area (Å²) in [6.45, 7) is 1.99. The number of hydrogen-bond donors (Lipinski definition) is 1. The first-order valence-electron chi connectivity index (χ1n) is 5.65. The summed E-state index contributed by atoms with van der Waals surface area (Å²) in [6, 6.07) is 5.70. The largest absolute Gasteiger partial charge is 0.478 e. The highest BCUT2D eigenvalue weighted by Gasteiger charge is 2.20. The molecule has 0 fully saturated rings. The Labute approximate surface area is 99.8 Å². The van der Waals surface area contributed by atoms with E-state index in [1.807, 2.05) is 19.1 Å². The smallest absolute Gasteiger partial charge is 0.328 e. The van der Waals surface area contributed by atoms with E-state index in [9.17, 15) is 9.59 Å². The van der Waals surface area contributed by atoms with Crippen molar-refractivity contribution in [2.24, 2.45) is 0 Å². The molecule has 0 bridgehead atoms. The number of fused-ring (bicyclic) bond motifs is 1. The number of rotatable bonds is 1. The van der Waals surface area contributed by atoms with Crippen LogP contribution in [-0.4, -0.2) is 16.9 Å². The van der Waals surface area contributed by atoms with E-state index >= 15 is 0 Å². The normalized spacial score (nSPS) is 17.7. The van der Waals surface area contributed by atoms with E-state index in [-0.39, 0.29) is 5.78 Å². The summed E-state index contributed by atoms with van der Waals surface area (Å²) in [6.07, 6.45) is 3.23. The lowest BCUT2D eigenvalue weighted by Crippen LogP contribution is -2.06. The van der Waals surface area contributed by atoms with E-state index in [2.05, 4.69) is 0 Å². The number of allylic oxidation sites excluding steroid dienone is 1. The maximum Gasteiger partial charge on any atom is 0.328 e. The fourth-order valence-corrected chi connectivity index (χ4v) is 2.19. The predicted octanol–water partition coefficient (Wildman–Crippen LogP) is 2.53. The highest BCUT2D eigenvalue weighted by Crippen LogP contribution is 2.25. The van der Waals surface area contributed by atoms with Crippen molar-refractivity contribution in [3.63, 3.8) is 0 Å². The average Bonchev–Trinajstić information content (AvgIpc) is 2.39. The molecule has 17 heavy (non-hydrogen) atoms. The lowest BCUT2D eigenvalue weighted by molar-refractivity contribution is -0.131. The first-order chi connectivity index (χ1) is 8.08. The Bertz CT molecular complexity index is 512. The Morgan fingerprint density at radius 3 is 2.82 bits per heavy atom. The fraction of sp³-hybridized carbons (Fsp3) is 0.286. The summed E-state index contributed by atoms with van der Waals surface area (Å²) in [5.74, 6) is -1.19. The number of Topliss-reactive ketones (excluding diaryl/α,β-unsaturated/α-hetero) is 1. The lowest BCUT2D eigenvalue weighted by Gasteiger charge is -2.05. The highest BCUT2D eigenvalue weighted by molar-refractivity contribution is 6.12. The van der Waals surface area contributed by atoms with Gasteiger partial charge >= 0.3 is 5.97 Å². The zero-order valence-electron chi connectivity index (χ0n) is 9.69. The summed E-state index contributed by atoms with van der Waals surface area (Å²) in [7, 11) is 0. The third kappa shape index (κ3) is 2.44. The van der Waals surface area contributed by atoms with E-state index < -0.39 is 5.97 Å². The standard InChI is InChI=1S/C14H14O3/c1-9-5-6-12-10(7-9)3-2-4-11(14(12)17)8-13(15)16/h5-8H,2-4H2,1H3,(H,15,16)/b11-8+. The zero-order valence-corrected chi connectivity index (χ0v) is 9.69. The van der Waals surface area contributed by atoms with Gasteiger partial charge in [-0.05, 0) is 31.7 Å². The Kier molecular flexibility index (Phi) is 3.09. The number of carboxylic acids is 1. The van der Waals surface area contributed by atoms with Crippen LogP contribution in [-0.2, 0) is 11.2 Å². The van der Waals surface area contributed by atoms with Crippen molar-refractivity contribution < 1.29 is 14.7 Å². The monoisotopic (exact) mass is 230 g/mol. The van der Waals surface area contributed by atoms with Crippen LogP contribution < -0.4 is 0 Å². The number of ketones is 1. The van der Waals surface area contributed by atoms with Crippen LogP contribution in [0.25, 0.3) is 0 Å². The third-order valence-electron chi connectivity index (χ3n) is 2.99. The van der Waals surface area contributed by atoms with Crippen LogP contribution in [0.15, 0.2) is 29.8 Å². The number of carbonyl (C=O) groups is 2. The molecule has 0 amide bonds. The molecule has 0 saturated carbocycles. The topological polar surface area (TPSA) is 54.4 Å². The third-order valence-corrected chi connectivity index (χ3v) is 2.99. The molecule has 1 aromatic rings. The minimum absolute atomic E-state index is 0.139. The molecule has 0 heterocycles. The van der Waals surface area contributed by atoms with Crippen molar-refractivity contribution in [2.75, 3.05) is 0 Å². The maximum atomic E-state index is 12.2. The number of aryl methyl sites for hydroxylation is 2. The summed E-state index contributed by atoms with van der Waals surface area (Å²) in [4.78, 5) is 22.8. The summed E-state index contributed by atoms with van der Waals surface area (Å²) in [5.41, 5.74) is 3.21. The molecule has 1 aromatic carbocycles. The van der Waals surface area contributed by atoms with E-state index in [0.717, 1.165) is 30.0 Å². The van der Waals surface area contributed by atoms with Gasteiger partial charge in [0.2, 0.25) is 0 Å². The Morgan fingerprint density at radius 1 is 1.35 bits per heavy atom. The number of benzene rings is 1. The maximum absolute atomic E-state index is 12.2. The van der Waals surface area contributed by atoms with E-state index in [1.54, 1.807) is 6.07 Å². The van der Waals surface area contributed by atoms with Gasteiger partial charge in [-0.25, -0.2) is 4.79 Å². The first-order valence-corrected chi connectivity index (χ1v) is 5.65. The van der Waals surface area contributed by atoms with Crippen molar-refractivity contribution >= 4 is 11.8 Å². The molecule has 0 saturated heterocycles. The molecule has 0 aliphatic heterocycles. The van der Waals surface area contributed by atoms with Gasteiger partial charge < -0.3 is 5.11 Å². The van der Waals surface area contributed by atoms with Gasteiger partial charge in [0.05, 0.1) is 0 Å². The van der Waals surface area contributed by atoms with Gasteiger partial charge in [-0.2, -0.15) is 0 Å². The Morgan fingerprint density at radius 2 is 2.12 bits per heavy atom. The van der Waals surface area contributed by atoms with Crippen LogP contribution in [0.5, 0.6) is 0 Å². The second-order valence-corrected chi connectivity index (χ2v) is 4.35. The lowest BCUT2D eigenvalue weighted by atomic mass is 9.98. The van der Waals surface area contributed by atoms with E-state index in [0.29, 0.717) is 17.6 Å². The fourth-order valence-electron chi connectivity index (χ4n) is 2.19. The van der Waals surface area contributed by atoms with Gasteiger partial charge in [0.25, 0.3) is 0 Å². The quantitative estimate of drug-likeness (QED) is 0.595. The Balaban J connectivity index is 2.47. The SMILES string of the molecule is Cc1ccc2c(c1)CCC/C(=C\C(=O)O)C2=O. The summed E-state index contributed by atoms with van der Waals surface area (Å²) >= 11 is 0. The van der Waals surface area contributed by atoms with Crippen molar-refractivity contribution in [1.82, 2.24) is 0 Å². The molecule has 3 heteroatoms. The van der Waals surface area contributed by atoms with Crippen LogP contribution in [0.2, 0.25) is 0 Å². The van der Waals surface area contributed by atoms with Crippen LogP contribution in [0.1, 0.15) is 34.3 Å². The molecule has 88 valence electrons. The minimum atomic E-state index is -1.05. The molecule has 2 rings (SSSR count). The average molecular weight is 230 g/mol. The number of carbonyl (C=O) groups excluding carboxylic acids is 1. The van der Waals surface area contributed by atoms with Crippen molar-refractivity contribution in [3.05, 3.63) is 46.5 Å². The highest BCUT2D eigenvalue weighted by atomic mass is 16.4. The van der Waals surface area contributed by atoms with Crippen LogP contribution >= 0.6 is 0 Å². The molecule has 0 radical (unpaired) electrons. The van der Waals surface area contributed by atoms with Crippen molar-refractivity contribution in [3.8, 4) is 0 Å². The molecule has 1 aliphatic rings. The van der Waals surface area contributed by atoms with Crippen LogP contribution in [0.3, 0.4) is 0 Å². The van der Waals surface area contributed by atoms with Crippen LogP contribution in [0.4, 0.5) is 0 Å². The zero-order chi connectivity index (χ0) is 12.4. The number of carboxylic acid groups (broad SMARTS) is 1. The van der Waals surface area contributed by atoms with Gasteiger partial charge in [-0.15, -0.1) is 0 Å². The van der Waals surface area contributed by atoms with Crippen molar-refractivity contribution in [2.45, 2.75) is 26.2 Å². The molecule has 0 spiro atoms. The van der Waals surface area contributed by atoms with E-state index in [1.165, 1.54) is 0 Å². The molecular weight excluding hydrogens is 216 g/mol. The second-order valence-electron chi connectivity index (χ2n) is 4.35. The predicted molar refractivity (Wildman–Crippen MR) is 64.2 cm³/mol. The van der Waals surface area contributed by atoms with Gasteiger partial charge in [0.15, 0.2) is 5.78 Å². The van der Waals surface area contributed by atoms with E-state index in [4.69, 9.17) is 5.11 Å². The molecular formula is C14H14O3. The molecule has 1 aliphatic carbocycles. The first kappa shape index (κ1) is 11.6. The Hall–Kier alpha value is -1.90. The number of hydrogen-bond acceptors (Lipinski definition) is 2. The van der Waals surface area contributed by atoms with Gasteiger partial charge in [0, 0.05) is 17.2 Å². The molecule has 3 nitrogen and oxygen atoms in total. The molecule has 0 atom stereocenters. The molecule has 1 N–H and O–H groups in total. The van der Waals surface area contributed by atoms with Gasteiger partial charge in [-0.3, -0.25) is 4.79 Å². The minimum Gasteiger partial charge on any atom is -0.478 e. The molecule has 0 unspecified atom stereocenters. The van der Waals surface area contributed by atoms with Gasteiger partial charge in [0.1, 0.15) is 0 Å². The van der Waals surface area contributed by atoms with Crippen molar-refractivity contribution in [1.29, 1.82) is 0 Å². The summed E-state index contributed by atoms with van der Waals surface area (Å²) < 4.78 is 0. The summed E-state index contributed by atoms with van der Waals surface area (Å²) in [5, 5.41) is 8.74. The van der Waals surface area contributed by atoms with Crippen LogP contribution in [0, 0.1) is 6.92 Å². The molecule has 0 aromatic heterocycles. The second kappa shape index (κ2) is 4.53. The number of aliphatic carboxylic acids is 1. The van der Waals surface area contributed by atoms with Gasteiger partial charge in [-0.1, -0.05) is 23.8 Å².